The van der Waals surface area contributed by atoms with Crippen LogP contribution in [0.2, 0.25) is 0 Å². The molecule has 2 rings (SSSR count). The largest absolute Gasteiger partial charge is 0.416 e. The molecule has 0 heterocycles. The molecular weight excluding hydrogens is 292 g/mol. The van der Waals surface area contributed by atoms with E-state index in [4.69, 9.17) is 11.6 Å². The maximum absolute atomic E-state index is 12.9. The first-order valence-electron chi connectivity index (χ1n) is 5.92. The van der Waals surface area contributed by atoms with Crippen LogP contribution in [0, 0.1) is 5.82 Å². The average Bonchev–Trinajstić information content (AvgIpc) is 2.40. The number of halogens is 5. The van der Waals surface area contributed by atoms with E-state index in [1.807, 2.05) is 0 Å². The second kappa shape index (κ2) is 5.83. The summed E-state index contributed by atoms with van der Waals surface area (Å²) in [5.41, 5.74) is -0.0171. The van der Waals surface area contributed by atoms with Gasteiger partial charge in [0, 0.05) is 0 Å². The fourth-order valence-electron chi connectivity index (χ4n) is 1.97. The Balaban J connectivity index is 2.25. The molecule has 0 saturated carbocycles. The van der Waals surface area contributed by atoms with Crippen molar-refractivity contribution in [2.75, 3.05) is 0 Å². The van der Waals surface area contributed by atoms with E-state index in [-0.39, 0.29) is 12.0 Å². The van der Waals surface area contributed by atoms with Gasteiger partial charge in [-0.3, -0.25) is 0 Å². The molecule has 0 aliphatic carbocycles. The summed E-state index contributed by atoms with van der Waals surface area (Å²) >= 11 is 6.10. The summed E-state index contributed by atoms with van der Waals surface area (Å²) in [6.45, 7) is 0. The first-order chi connectivity index (χ1) is 9.38. The maximum Gasteiger partial charge on any atom is 0.416 e. The van der Waals surface area contributed by atoms with Crippen LogP contribution in [0.3, 0.4) is 0 Å². The Kier molecular flexibility index (Phi) is 4.33. The molecule has 20 heavy (non-hydrogen) atoms. The number of benzene rings is 2. The number of hydrogen-bond acceptors (Lipinski definition) is 0. The summed E-state index contributed by atoms with van der Waals surface area (Å²) < 4.78 is 51.5. The van der Waals surface area contributed by atoms with Crippen molar-refractivity contribution in [3.63, 3.8) is 0 Å². The van der Waals surface area contributed by atoms with E-state index < -0.39 is 22.9 Å². The van der Waals surface area contributed by atoms with E-state index in [0.717, 1.165) is 6.07 Å². The van der Waals surface area contributed by atoms with Crippen LogP contribution in [0.15, 0.2) is 48.5 Å². The average molecular weight is 303 g/mol. The normalized spacial score (nSPS) is 13.2. The van der Waals surface area contributed by atoms with Gasteiger partial charge in [0.2, 0.25) is 0 Å². The van der Waals surface area contributed by atoms with Crippen molar-refractivity contribution in [3.05, 3.63) is 71.0 Å². The molecule has 0 fully saturated rings. The Bertz CT molecular complexity index is 575. The van der Waals surface area contributed by atoms with Gasteiger partial charge in [-0.2, -0.15) is 13.2 Å². The molecule has 1 unspecified atom stereocenters. The van der Waals surface area contributed by atoms with Crippen molar-refractivity contribution >= 4 is 11.6 Å². The molecule has 0 N–H and O–H groups in total. The Labute approximate surface area is 119 Å². The molecule has 0 amide bonds. The lowest BCUT2D eigenvalue weighted by atomic mass is 9.99. The highest BCUT2D eigenvalue weighted by atomic mass is 35.5. The van der Waals surface area contributed by atoms with Crippen molar-refractivity contribution in [2.24, 2.45) is 0 Å². The summed E-state index contributed by atoms with van der Waals surface area (Å²) in [5, 5.41) is -0.821. The zero-order valence-electron chi connectivity index (χ0n) is 10.3. The van der Waals surface area contributed by atoms with Crippen LogP contribution >= 0.6 is 11.6 Å². The molecule has 0 saturated heterocycles. The fourth-order valence-corrected chi connectivity index (χ4v) is 2.33. The minimum absolute atomic E-state index is 0.0333. The molecule has 0 aliphatic heterocycles. The van der Waals surface area contributed by atoms with Crippen LogP contribution in [0.4, 0.5) is 17.6 Å². The van der Waals surface area contributed by atoms with Gasteiger partial charge in [0.25, 0.3) is 0 Å². The molecule has 0 aliphatic rings. The topological polar surface area (TPSA) is 0 Å². The fraction of sp³-hybridized carbons (Fsp3) is 0.200. The smallest absolute Gasteiger partial charge is 0.207 e. The van der Waals surface area contributed by atoms with E-state index in [1.54, 1.807) is 0 Å². The van der Waals surface area contributed by atoms with Gasteiger partial charge in [-0.05, 0) is 35.7 Å². The molecule has 0 aromatic heterocycles. The van der Waals surface area contributed by atoms with Gasteiger partial charge in [-0.15, -0.1) is 11.6 Å². The molecule has 106 valence electrons. The summed E-state index contributed by atoms with van der Waals surface area (Å²) in [6, 6.07) is 10.8. The molecular formula is C15H11ClF4. The van der Waals surface area contributed by atoms with Crippen LogP contribution in [0.1, 0.15) is 22.1 Å². The predicted molar refractivity (Wildman–Crippen MR) is 70.1 cm³/mol. The Hall–Kier alpha value is -1.55. The number of hydrogen-bond donors (Lipinski definition) is 0. The van der Waals surface area contributed by atoms with E-state index >= 15 is 0 Å². The highest BCUT2D eigenvalue weighted by molar-refractivity contribution is 6.21. The van der Waals surface area contributed by atoms with Crippen molar-refractivity contribution in [3.8, 4) is 0 Å². The third-order valence-electron chi connectivity index (χ3n) is 2.93. The summed E-state index contributed by atoms with van der Waals surface area (Å²) in [4.78, 5) is 0. The standard InChI is InChI=1S/C15H11ClF4/c16-14(9-10-5-7-11(17)8-6-10)12-3-1-2-4-13(12)15(18,19)20/h1-8,14H,9H2. The van der Waals surface area contributed by atoms with Crippen LogP contribution < -0.4 is 0 Å². The van der Waals surface area contributed by atoms with Crippen LogP contribution in [-0.2, 0) is 12.6 Å². The molecule has 0 bridgehead atoms. The lowest BCUT2D eigenvalue weighted by Gasteiger charge is -2.16. The maximum atomic E-state index is 12.9. The van der Waals surface area contributed by atoms with E-state index in [1.165, 1.54) is 42.5 Å². The van der Waals surface area contributed by atoms with Gasteiger partial charge in [0.1, 0.15) is 5.82 Å². The Morgan fingerprint density at radius 3 is 2.15 bits per heavy atom. The zero-order valence-corrected chi connectivity index (χ0v) is 11.0. The van der Waals surface area contributed by atoms with Gasteiger partial charge >= 0.3 is 6.18 Å². The minimum Gasteiger partial charge on any atom is -0.207 e. The molecule has 5 heteroatoms. The molecule has 0 nitrogen and oxygen atoms in total. The van der Waals surface area contributed by atoms with Gasteiger partial charge in [-0.25, -0.2) is 4.39 Å². The third-order valence-corrected chi connectivity index (χ3v) is 3.32. The summed E-state index contributed by atoms with van der Waals surface area (Å²) in [5.74, 6) is -0.393. The molecule has 1 atom stereocenters. The second-order valence-electron chi connectivity index (χ2n) is 4.38. The molecule has 2 aromatic rings. The predicted octanol–water partition coefficient (Wildman–Crippen LogP) is 5.37. The van der Waals surface area contributed by atoms with Gasteiger partial charge in [-0.1, -0.05) is 30.3 Å². The van der Waals surface area contributed by atoms with Crippen LogP contribution in [-0.4, -0.2) is 0 Å². The number of alkyl halides is 4. The van der Waals surface area contributed by atoms with Gasteiger partial charge in [0.05, 0.1) is 10.9 Å². The zero-order chi connectivity index (χ0) is 14.8. The first-order valence-corrected chi connectivity index (χ1v) is 6.36. The van der Waals surface area contributed by atoms with Gasteiger partial charge in [0.15, 0.2) is 0 Å². The summed E-state index contributed by atoms with van der Waals surface area (Å²) in [6.07, 6.45) is -4.23. The molecule has 0 spiro atoms. The lowest BCUT2D eigenvalue weighted by molar-refractivity contribution is -0.138. The SMILES string of the molecule is Fc1ccc(CC(Cl)c2ccccc2C(F)(F)F)cc1. The van der Waals surface area contributed by atoms with Gasteiger partial charge < -0.3 is 0 Å². The van der Waals surface area contributed by atoms with E-state index in [2.05, 4.69) is 0 Å². The Morgan fingerprint density at radius 2 is 1.55 bits per heavy atom. The highest BCUT2D eigenvalue weighted by Crippen LogP contribution is 2.37. The van der Waals surface area contributed by atoms with Crippen LogP contribution in [0.5, 0.6) is 0 Å². The lowest BCUT2D eigenvalue weighted by Crippen LogP contribution is -2.11. The Morgan fingerprint density at radius 1 is 0.950 bits per heavy atom. The highest BCUT2D eigenvalue weighted by Gasteiger charge is 2.34. The van der Waals surface area contributed by atoms with E-state index in [0.29, 0.717) is 5.56 Å². The third kappa shape index (κ3) is 3.51. The van der Waals surface area contributed by atoms with Crippen molar-refractivity contribution in [2.45, 2.75) is 18.0 Å². The minimum atomic E-state index is -4.44. The second-order valence-corrected chi connectivity index (χ2v) is 4.91. The molecule has 2 aromatic carbocycles. The van der Waals surface area contributed by atoms with E-state index in [9.17, 15) is 17.6 Å². The van der Waals surface area contributed by atoms with Crippen molar-refractivity contribution < 1.29 is 17.6 Å². The van der Waals surface area contributed by atoms with Crippen molar-refractivity contribution in [1.29, 1.82) is 0 Å². The summed E-state index contributed by atoms with van der Waals surface area (Å²) in [7, 11) is 0. The number of rotatable bonds is 3. The molecule has 0 radical (unpaired) electrons. The monoisotopic (exact) mass is 302 g/mol. The van der Waals surface area contributed by atoms with Crippen LogP contribution in [0.25, 0.3) is 0 Å². The van der Waals surface area contributed by atoms with Crippen molar-refractivity contribution in [1.82, 2.24) is 0 Å². The first kappa shape index (κ1) is 14.9. The quantitative estimate of drug-likeness (QED) is 0.528.